The van der Waals surface area contributed by atoms with Gasteiger partial charge in [-0.1, -0.05) is 26.8 Å². The van der Waals surface area contributed by atoms with Crippen molar-refractivity contribution < 1.29 is 9.53 Å². The molecular weight excluding hydrogens is 440 g/mol. The highest BCUT2D eigenvalue weighted by Gasteiger charge is 2.16. The predicted octanol–water partition coefficient (Wildman–Crippen LogP) is 4.07. The van der Waals surface area contributed by atoms with Gasteiger partial charge in [0, 0.05) is 37.6 Å². The maximum absolute atomic E-state index is 8.00. The molecule has 1 fully saturated rings. The van der Waals surface area contributed by atoms with E-state index in [-0.39, 0.29) is 0 Å². The molecule has 1 aromatic carbocycles. The Kier molecular flexibility index (Phi) is 10.4. The van der Waals surface area contributed by atoms with Crippen molar-refractivity contribution in [1.29, 1.82) is 0 Å². The third-order valence-electron chi connectivity index (χ3n) is 5.61. The van der Waals surface area contributed by atoms with Gasteiger partial charge in [0.15, 0.2) is 0 Å². The number of morpholine rings is 1. The van der Waals surface area contributed by atoms with Gasteiger partial charge in [-0.15, -0.1) is 0 Å². The van der Waals surface area contributed by atoms with Crippen molar-refractivity contribution >= 4 is 18.3 Å². The molecule has 35 heavy (non-hydrogen) atoms. The molecule has 0 aliphatic carbocycles. The quantitative estimate of drug-likeness (QED) is 0.541. The highest BCUT2D eigenvalue weighted by molar-refractivity contribution is 5.77. The van der Waals surface area contributed by atoms with E-state index in [4.69, 9.17) is 26.0 Å². The first-order valence-electron chi connectivity index (χ1n) is 11.9. The highest BCUT2D eigenvalue weighted by Crippen LogP contribution is 2.32. The standard InChI is InChI=1S/C20H23N5O.C6H15N.CH2O/c1-14-3-4-17(21)11-18(14)15-9-19(16-12-22-24(2)13-16)23-20(10-15)25-5-7-26-8-6-25;1-6(2,3)4-5-7;1-2/h3-4,9-13H,5-8,21H2,1-2H3;4-5,7H2,1-3H3;1H2. The van der Waals surface area contributed by atoms with Crippen LogP contribution in [0.3, 0.4) is 0 Å². The summed E-state index contributed by atoms with van der Waals surface area (Å²) in [6.45, 7) is 14.6. The van der Waals surface area contributed by atoms with Crippen LogP contribution in [0, 0.1) is 12.3 Å². The minimum Gasteiger partial charge on any atom is -0.399 e. The summed E-state index contributed by atoms with van der Waals surface area (Å²) in [4.78, 5) is 15.2. The number of nitrogen functional groups attached to an aromatic ring is 1. The number of hydrogen-bond donors (Lipinski definition) is 2. The third-order valence-corrected chi connectivity index (χ3v) is 5.61. The summed E-state index contributed by atoms with van der Waals surface area (Å²) in [5, 5.41) is 4.29. The number of nitrogens with two attached hydrogens (primary N) is 2. The van der Waals surface area contributed by atoms with E-state index in [0.29, 0.717) is 5.41 Å². The summed E-state index contributed by atoms with van der Waals surface area (Å²) < 4.78 is 7.29. The van der Waals surface area contributed by atoms with Gasteiger partial charge in [-0.2, -0.15) is 5.10 Å². The molecule has 0 radical (unpaired) electrons. The minimum atomic E-state index is 0.425. The Balaban J connectivity index is 0.000000416. The van der Waals surface area contributed by atoms with Gasteiger partial charge in [-0.25, -0.2) is 4.98 Å². The average molecular weight is 481 g/mol. The fraction of sp³-hybridized carbons (Fsp3) is 0.444. The molecule has 0 saturated carbocycles. The zero-order chi connectivity index (χ0) is 26.0. The van der Waals surface area contributed by atoms with Crippen LogP contribution >= 0.6 is 0 Å². The molecule has 1 aliphatic heterocycles. The maximum Gasteiger partial charge on any atom is 0.130 e. The van der Waals surface area contributed by atoms with Crippen molar-refractivity contribution in [2.75, 3.05) is 43.5 Å². The van der Waals surface area contributed by atoms with E-state index >= 15 is 0 Å². The summed E-state index contributed by atoms with van der Waals surface area (Å²) >= 11 is 0. The second kappa shape index (κ2) is 13.0. The van der Waals surface area contributed by atoms with Gasteiger partial charge in [-0.3, -0.25) is 4.68 Å². The number of ether oxygens (including phenoxy) is 1. The van der Waals surface area contributed by atoms with Crippen LogP contribution in [-0.2, 0) is 16.6 Å². The Bertz CT molecular complexity index is 1070. The molecule has 8 heteroatoms. The number of anilines is 2. The lowest BCUT2D eigenvalue weighted by Gasteiger charge is -2.28. The number of carbonyl (C=O) groups excluding carboxylic acids is 1. The van der Waals surface area contributed by atoms with Crippen LogP contribution in [0.15, 0.2) is 42.7 Å². The van der Waals surface area contributed by atoms with E-state index in [1.54, 1.807) is 4.68 Å². The van der Waals surface area contributed by atoms with Gasteiger partial charge in [0.25, 0.3) is 0 Å². The fourth-order valence-electron chi connectivity index (χ4n) is 3.71. The van der Waals surface area contributed by atoms with Gasteiger partial charge in [-0.05, 0) is 66.3 Å². The molecule has 0 amide bonds. The molecule has 4 N–H and O–H groups in total. The molecular formula is C27H40N6O2. The third kappa shape index (κ3) is 8.49. The Morgan fingerprint density at radius 3 is 2.31 bits per heavy atom. The van der Waals surface area contributed by atoms with Crippen LogP contribution < -0.4 is 16.4 Å². The summed E-state index contributed by atoms with van der Waals surface area (Å²) in [7, 11) is 1.91. The monoisotopic (exact) mass is 480 g/mol. The number of pyridine rings is 1. The van der Waals surface area contributed by atoms with Crippen LogP contribution in [-0.4, -0.2) is 54.4 Å². The molecule has 190 valence electrons. The van der Waals surface area contributed by atoms with Crippen molar-refractivity contribution in [3.05, 3.63) is 48.3 Å². The van der Waals surface area contributed by atoms with Gasteiger partial charge < -0.3 is 25.9 Å². The molecule has 0 atom stereocenters. The lowest BCUT2D eigenvalue weighted by atomic mass is 9.93. The van der Waals surface area contributed by atoms with Crippen molar-refractivity contribution in [3.63, 3.8) is 0 Å². The number of hydrogen-bond acceptors (Lipinski definition) is 7. The number of carbonyl (C=O) groups is 1. The van der Waals surface area contributed by atoms with E-state index in [9.17, 15) is 0 Å². The van der Waals surface area contributed by atoms with E-state index in [2.05, 4.69) is 55.9 Å². The molecule has 3 heterocycles. The maximum atomic E-state index is 8.00. The van der Waals surface area contributed by atoms with E-state index in [1.165, 1.54) is 5.56 Å². The predicted molar refractivity (Wildman–Crippen MR) is 144 cm³/mol. The van der Waals surface area contributed by atoms with Gasteiger partial charge in [0.05, 0.1) is 25.1 Å². The number of aryl methyl sites for hydroxylation is 2. The van der Waals surface area contributed by atoms with Gasteiger partial charge >= 0.3 is 0 Å². The molecule has 8 nitrogen and oxygen atoms in total. The normalized spacial score (nSPS) is 13.4. The summed E-state index contributed by atoms with van der Waals surface area (Å²) in [6.07, 6.45) is 4.95. The van der Waals surface area contributed by atoms with Crippen LogP contribution in [0.4, 0.5) is 11.5 Å². The summed E-state index contributed by atoms with van der Waals surface area (Å²) in [5.41, 5.74) is 17.9. The second-order valence-electron chi connectivity index (χ2n) is 9.78. The van der Waals surface area contributed by atoms with Crippen molar-refractivity contribution in [2.24, 2.45) is 18.2 Å². The largest absolute Gasteiger partial charge is 0.399 e. The lowest BCUT2D eigenvalue weighted by molar-refractivity contribution is -0.0980. The first-order chi connectivity index (χ1) is 16.7. The Labute approximate surface area is 209 Å². The first-order valence-corrected chi connectivity index (χ1v) is 11.9. The van der Waals surface area contributed by atoms with Crippen LogP contribution in [0.5, 0.6) is 0 Å². The average Bonchev–Trinajstić information content (AvgIpc) is 3.28. The van der Waals surface area contributed by atoms with Gasteiger partial charge in [0.1, 0.15) is 12.6 Å². The van der Waals surface area contributed by atoms with Crippen molar-refractivity contribution in [1.82, 2.24) is 14.8 Å². The summed E-state index contributed by atoms with van der Waals surface area (Å²) in [6, 6.07) is 10.3. The number of rotatable bonds is 4. The molecule has 0 spiro atoms. The van der Waals surface area contributed by atoms with E-state index < -0.39 is 0 Å². The first kappa shape index (κ1) is 28.0. The van der Waals surface area contributed by atoms with E-state index in [0.717, 1.165) is 73.2 Å². The lowest BCUT2D eigenvalue weighted by Crippen LogP contribution is -2.36. The SMILES string of the molecule is C=O.CC(C)(C)CCN.Cc1ccc(N)cc1-c1cc(-c2cnn(C)c2)nc(N2CCOCC2)c1. The molecule has 1 aliphatic rings. The van der Waals surface area contributed by atoms with Gasteiger partial charge in [0.2, 0.25) is 0 Å². The van der Waals surface area contributed by atoms with Crippen molar-refractivity contribution in [2.45, 2.75) is 34.1 Å². The molecule has 1 saturated heterocycles. The van der Waals surface area contributed by atoms with Crippen LogP contribution in [0.2, 0.25) is 0 Å². The number of aromatic nitrogens is 3. The van der Waals surface area contributed by atoms with Crippen molar-refractivity contribution in [3.8, 4) is 22.4 Å². The van der Waals surface area contributed by atoms with Crippen LogP contribution in [0.1, 0.15) is 32.8 Å². The fourth-order valence-corrected chi connectivity index (χ4v) is 3.71. The Hall–Kier alpha value is -3.23. The molecule has 2 aromatic heterocycles. The molecule has 3 aromatic rings. The molecule has 4 rings (SSSR count). The van der Waals surface area contributed by atoms with E-state index in [1.807, 2.05) is 38.4 Å². The summed E-state index contributed by atoms with van der Waals surface area (Å²) in [5.74, 6) is 0.964. The number of nitrogens with zero attached hydrogens (tertiary/aromatic N) is 4. The second-order valence-corrected chi connectivity index (χ2v) is 9.78. The zero-order valence-corrected chi connectivity index (χ0v) is 21.8. The number of benzene rings is 1. The Morgan fingerprint density at radius 1 is 1.09 bits per heavy atom. The zero-order valence-electron chi connectivity index (χ0n) is 21.8. The molecule has 0 bridgehead atoms. The van der Waals surface area contributed by atoms with Crippen LogP contribution in [0.25, 0.3) is 22.4 Å². The Morgan fingerprint density at radius 2 is 1.77 bits per heavy atom. The highest BCUT2D eigenvalue weighted by atomic mass is 16.5. The minimum absolute atomic E-state index is 0.425. The topological polar surface area (TPSA) is 112 Å². The smallest absolute Gasteiger partial charge is 0.130 e. The molecule has 0 unspecified atom stereocenters.